The molecule has 0 saturated heterocycles. The third-order valence-electron chi connectivity index (χ3n) is 4.96. The van der Waals surface area contributed by atoms with Gasteiger partial charge in [0.15, 0.2) is 0 Å². The molecule has 0 aromatic heterocycles. The maximum atomic E-state index is 14.5. The number of rotatable bonds is 8. The van der Waals surface area contributed by atoms with Crippen LogP contribution in [-0.4, -0.2) is 5.97 Å². The highest BCUT2D eigenvalue weighted by Gasteiger charge is 2.11. The molecule has 0 bridgehead atoms. The number of hydrogen-bond acceptors (Lipinski definition) is 2. The molecule has 3 rings (SSSR count). The molecule has 0 aliphatic rings. The van der Waals surface area contributed by atoms with Gasteiger partial charge in [0.1, 0.15) is 11.6 Å². The fraction of sp³-hybridized carbons (Fsp3) is 0.269. The third kappa shape index (κ3) is 5.54. The zero-order valence-electron chi connectivity index (χ0n) is 17.1. The van der Waals surface area contributed by atoms with E-state index in [0.29, 0.717) is 16.9 Å². The first-order valence-electron chi connectivity index (χ1n) is 10.3. The van der Waals surface area contributed by atoms with Crippen LogP contribution < -0.4 is 4.74 Å². The van der Waals surface area contributed by atoms with Gasteiger partial charge in [-0.25, -0.2) is 9.18 Å². The molecule has 0 fully saturated rings. The summed E-state index contributed by atoms with van der Waals surface area (Å²) in [6.07, 6.45) is 5.11. The third-order valence-corrected chi connectivity index (χ3v) is 4.96. The molecule has 0 spiro atoms. The van der Waals surface area contributed by atoms with Crippen molar-refractivity contribution in [3.05, 3.63) is 89.2 Å². The lowest BCUT2D eigenvalue weighted by Crippen LogP contribution is -2.08. The second kappa shape index (κ2) is 10.0. The molecule has 2 nitrogen and oxygen atoms in total. The first-order valence-corrected chi connectivity index (χ1v) is 10.3. The molecule has 0 aliphatic heterocycles. The molecular weight excluding hydrogens is 363 g/mol. The maximum absolute atomic E-state index is 14.5. The quantitative estimate of drug-likeness (QED) is 0.305. The van der Waals surface area contributed by atoms with Crippen LogP contribution in [0.5, 0.6) is 5.75 Å². The summed E-state index contributed by atoms with van der Waals surface area (Å²) in [5.41, 5.74) is 3.95. The number of unbranched alkanes of at least 4 members (excludes halogenated alkanes) is 1. The van der Waals surface area contributed by atoms with Gasteiger partial charge in [-0.3, -0.25) is 0 Å². The molecule has 150 valence electrons. The molecule has 0 heterocycles. The summed E-state index contributed by atoms with van der Waals surface area (Å²) in [5, 5.41) is 0. The van der Waals surface area contributed by atoms with Crippen LogP contribution in [0.2, 0.25) is 0 Å². The van der Waals surface area contributed by atoms with Gasteiger partial charge in [0, 0.05) is 5.56 Å². The predicted octanol–water partition coefficient (Wildman–Crippen LogP) is 7.01. The molecule has 0 N–H and O–H groups in total. The Labute approximate surface area is 172 Å². The van der Waals surface area contributed by atoms with Crippen LogP contribution in [0.1, 0.15) is 54.6 Å². The second-order valence-electron chi connectivity index (χ2n) is 7.28. The topological polar surface area (TPSA) is 26.3 Å². The van der Waals surface area contributed by atoms with Crippen molar-refractivity contribution >= 4 is 5.97 Å². The number of carbonyl (C=O) groups is 1. The van der Waals surface area contributed by atoms with E-state index in [1.807, 2.05) is 36.4 Å². The lowest BCUT2D eigenvalue weighted by molar-refractivity contribution is 0.0734. The minimum atomic E-state index is -0.421. The van der Waals surface area contributed by atoms with E-state index < -0.39 is 5.97 Å². The van der Waals surface area contributed by atoms with Crippen molar-refractivity contribution in [1.29, 1.82) is 0 Å². The summed E-state index contributed by atoms with van der Waals surface area (Å²) in [6.45, 7) is 4.25. The number of esters is 1. The van der Waals surface area contributed by atoms with Crippen molar-refractivity contribution in [2.75, 3.05) is 0 Å². The van der Waals surface area contributed by atoms with Gasteiger partial charge in [-0.05, 0) is 66.3 Å². The van der Waals surface area contributed by atoms with Crippen molar-refractivity contribution in [2.24, 2.45) is 0 Å². The van der Waals surface area contributed by atoms with Gasteiger partial charge in [0.2, 0.25) is 0 Å². The highest BCUT2D eigenvalue weighted by Crippen LogP contribution is 2.25. The van der Waals surface area contributed by atoms with Crippen LogP contribution >= 0.6 is 0 Å². The molecule has 0 aliphatic carbocycles. The Kier molecular flexibility index (Phi) is 7.18. The van der Waals surface area contributed by atoms with Crippen molar-refractivity contribution in [3.63, 3.8) is 0 Å². The summed E-state index contributed by atoms with van der Waals surface area (Å²) in [7, 11) is 0. The Morgan fingerprint density at radius 2 is 1.52 bits per heavy atom. The number of hydrogen-bond donors (Lipinski definition) is 0. The average molecular weight is 390 g/mol. The minimum absolute atomic E-state index is 0.235. The van der Waals surface area contributed by atoms with Gasteiger partial charge in [-0.1, -0.05) is 63.1 Å². The van der Waals surface area contributed by atoms with Gasteiger partial charge >= 0.3 is 5.97 Å². The van der Waals surface area contributed by atoms with E-state index in [1.54, 1.807) is 30.3 Å². The number of carbonyl (C=O) groups excluding carboxylic acids is 1. The lowest BCUT2D eigenvalue weighted by Gasteiger charge is -2.08. The summed E-state index contributed by atoms with van der Waals surface area (Å²) >= 11 is 0. The average Bonchev–Trinajstić information content (AvgIpc) is 2.74. The molecule has 0 unspecified atom stereocenters. The van der Waals surface area contributed by atoms with Crippen LogP contribution in [0.25, 0.3) is 11.1 Å². The fourth-order valence-electron chi connectivity index (χ4n) is 3.29. The van der Waals surface area contributed by atoms with Crippen molar-refractivity contribution in [1.82, 2.24) is 0 Å². The van der Waals surface area contributed by atoms with E-state index in [9.17, 15) is 9.18 Å². The van der Waals surface area contributed by atoms with Gasteiger partial charge in [-0.2, -0.15) is 0 Å². The van der Waals surface area contributed by atoms with Gasteiger partial charge < -0.3 is 4.74 Å². The van der Waals surface area contributed by atoms with E-state index in [4.69, 9.17) is 4.74 Å². The van der Waals surface area contributed by atoms with Crippen molar-refractivity contribution in [2.45, 2.75) is 46.0 Å². The van der Waals surface area contributed by atoms with Gasteiger partial charge in [-0.15, -0.1) is 0 Å². The molecule has 29 heavy (non-hydrogen) atoms. The van der Waals surface area contributed by atoms with E-state index >= 15 is 0 Å². The molecule has 0 radical (unpaired) electrons. The first kappa shape index (κ1) is 20.8. The molecule has 3 aromatic carbocycles. The Balaban J connectivity index is 1.68. The Hall–Kier alpha value is -2.94. The largest absolute Gasteiger partial charge is 0.423 e. The molecular formula is C26H27FO2. The number of ether oxygens (including phenoxy) is 1. The van der Waals surface area contributed by atoms with E-state index in [1.165, 1.54) is 5.56 Å². The number of aryl methyl sites for hydroxylation is 2. The predicted molar refractivity (Wildman–Crippen MR) is 116 cm³/mol. The lowest BCUT2D eigenvalue weighted by atomic mass is 10.00. The van der Waals surface area contributed by atoms with Gasteiger partial charge in [0.25, 0.3) is 0 Å². The highest BCUT2D eigenvalue weighted by molar-refractivity contribution is 5.91. The molecule has 3 heteroatoms. The van der Waals surface area contributed by atoms with Crippen LogP contribution in [0, 0.1) is 5.82 Å². The van der Waals surface area contributed by atoms with E-state index in [-0.39, 0.29) is 5.82 Å². The fourth-order valence-corrected chi connectivity index (χ4v) is 3.29. The zero-order valence-corrected chi connectivity index (χ0v) is 17.1. The summed E-state index contributed by atoms with van der Waals surface area (Å²) in [4.78, 5) is 12.4. The molecule has 0 atom stereocenters. The molecule has 0 amide bonds. The summed E-state index contributed by atoms with van der Waals surface area (Å²) in [6, 6.07) is 19.8. The number of halogens is 1. The zero-order chi connectivity index (χ0) is 20.6. The highest BCUT2D eigenvalue weighted by atomic mass is 19.1. The number of benzene rings is 3. The van der Waals surface area contributed by atoms with Gasteiger partial charge in [0.05, 0.1) is 5.56 Å². The second-order valence-corrected chi connectivity index (χ2v) is 7.28. The Bertz CT molecular complexity index is 943. The van der Waals surface area contributed by atoms with Crippen LogP contribution in [0.15, 0.2) is 66.7 Å². The maximum Gasteiger partial charge on any atom is 0.343 e. The monoisotopic (exact) mass is 390 g/mol. The SMILES string of the molecule is CCCCc1ccc(-c2ccc(C(=O)Oc3ccc(CCC)cc3)cc2)c(F)c1. The van der Waals surface area contributed by atoms with Crippen LogP contribution in [0.4, 0.5) is 4.39 Å². The first-order chi connectivity index (χ1) is 14.1. The Morgan fingerprint density at radius 3 is 2.14 bits per heavy atom. The van der Waals surface area contributed by atoms with Crippen LogP contribution in [0.3, 0.4) is 0 Å². The standard InChI is InChI=1S/C26H27FO2/c1-3-5-7-20-10-17-24(25(27)18-20)21-11-13-22(14-12-21)26(28)29-23-15-8-19(6-4-2)9-16-23/h8-18H,3-7H2,1-2H3. The van der Waals surface area contributed by atoms with E-state index in [0.717, 1.165) is 43.2 Å². The van der Waals surface area contributed by atoms with Crippen molar-refractivity contribution in [3.8, 4) is 16.9 Å². The Morgan fingerprint density at radius 1 is 0.828 bits per heavy atom. The smallest absolute Gasteiger partial charge is 0.343 e. The van der Waals surface area contributed by atoms with Crippen LogP contribution in [-0.2, 0) is 12.8 Å². The molecule has 3 aromatic rings. The summed E-state index contributed by atoms with van der Waals surface area (Å²) < 4.78 is 19.9. The normalized spacial score (nSPS) is 10.7. The van der Waals surface area contributed by atoms with Crippen molar-refractivity contribution < 1.29 is 13.9 Å². The minimum Gasteiger partial charge on any atom is -0.423 e. The van der Waals surface area contributed by atoms with E-state index in [2.05, 4.69) is 13.8 Å². The molecule has 0 saturated carbocycles. The summed E-state index contributed by atoms with van der Waals surface area (Å²) in [5.74, 6) is -0.135.